The second kappa shape index (κ2) is 16.0. The Kier molecular flexibility index (Phi) is 11.9. The van der Waals surface area contributed by atoms with Gasteiger partial charge in [0.1, 0.15) is 0 Å². The van der Waals surface area contributed by atoms with Crippen LogP contribution >= 0.6 is 11.6 Å². The molecule has 4 rings (SSSR count). The van der Waals surface area contributed by atoms with Gasteiger partial charge in [0.25, 0.3) is 0 Å². The molecule has 1 atom stereocenters. The number of dihydropyridines is 1. The molecule has 1 amide bonds. The van der Waals surface area contributed by atoms with E-state index in [1.54, 1.807) is 18.2 Å². The number of methoxy groups -OCH3 is 2. The fourth-order valence-corrected chi connectivity index (χ4v) is 5.60. The minimum atomic E-state index is -0.784. The number of halogens is 1. The van der Waals surface area contributed by atoms with E-state index in [0.717, 1.165) is 11.1 Å². The van der Waals surface area contributed by atoms with E-state index in [9.17, 15) is 9.59 Å². The van der Waals surface area contributed by atoms with Crippen LogP contribution in [0.3, 0.4) is 0 Å². The van der Waals surface area contributed by atoms with Gasteiger partial charge in [0, 0.05) is 31.1 Å². The van der Waals surface area contributed by atoms with Gasteiger partial charge in [0.05, 0.1) is 55.4 Å². The van der Waals surface area contributed by atoms with Gasteiger partial charge in [-0.15, -0.1) is 0 Å². The first-order valence-corrected chi connectivity index (χ1v) is 14.6. The average Bonchev–Trinajstić information content (AvgIpc) is 3.03. The lowest BCUT2D eigenvalue weighted by Gasteiger charge is -2.33. The summed E-state index contributed by atoms with van der Waals surface area (Å²) >= 11 is 6.40. The maximum Gasteiger partial charge on any atom is 0.336 e. The van der Waals surface area contributed by atoms with Gasteiger partial charge in [0.15, 0.2) is 0 Å². The fraction of sp³-hybridized carbons (Fsp3) is 0.294. The molecule has 0 fully saturated rings. The van der Waals surface area contributed by atoms with Gasteiger partial charge in [-0.2, -0.15) is 0 Å². The third kappa shape index (κ3) is 8.12. The van der Waals surface area contributed by atoms with E-state index in [1.165, 1.54) is 14.2 Å². The van der Waals surface area contributed by atoms with Crippen molar-refractivity contribution in [1.29, 1.82) is 0 Å². The van der Waals surface area contributed by atoms with Crippen molar-refractivity contribution in [2.45, 2.75) is 18.3 Å². The molecule has 4 N–H and O–H groups in total. The minimum Gasteiger partial charge on any atom is -0.466 e. The van der Waals surface area contributed by atoms with E-state index < -0.39 is 11.9 Å². The van der Waals surface area contributed by atoms with Crippen molar-refractivity contribution < 1.29 is 23.8 Å². The molecule has 0 aromatic heterocycles. The zero-order chi connectivity index (χ0) is 30.6. The monoisotopic (exact) mass is 603 g/mol. The minimum absolute atomic E-state index is 0.0787. The van der Waals surface area contributed by atoms with Crippen molar-refractivity contribution in [2.24, 2.45) is 5.73 Å². The zero-order valence-corrected chi connectivity index (χ0v) is 25.2. The van der Waals surface area contributed by atoms with Gasteiger partial charge in [-0.25, -0.2) is 4.79 Å². The number of rotatable bonds is 14. The Balaban J connectivity index is 1.71. The number of hydrogen-bond donors (Lipinski definition) is 3. The molecule has 8 nitrogen and oxygen atoms in total. The molecular formula is C34H38ClN3O5. The summed E-state index contributed by atoms with van der Waals surface area (Å²) in [5, 5.41) is 6.85. The van der Waals surface area contributed by atoms with Crippen molar-refractivity contribution >= 4 is 23.5 Å². The van der Waals surface area contributed by atoms with Gasteiger partial charge in [0.2, 0.25) is 5.91 Å². The van der Waals surface area contributed by atoms with Crippen LogP contribution in [0.15, 0.2) is 107 Å². The van der Waals surface area contributed by atoms with Gasteiger partial charge in [-0.1, -0.05) is 84.4 Å². The number of benzene rings is 3. The van der Waals surface area contributed by atoms with Crippen LogP contribution in [0.2, 0.25) is 5.02 Å². The summed E-state index contributed by atoms with van der Waals surface area (Å²) in [5.41, 5.74) is 10.3. The molecule has 1 aliphatic rings. The molecule has 43 heavy (non-hydrogen) atoms. The zero-order valence-electron chi connectivity index (χ0n) is 24.5. The second-order valence-electron chi connectivity index (χ2n) is 10.1. The van der Waals surface area contributed by atoms with Gasteiger partial charge >= 0.3 is 5.97 Å². The smallest absolute Gasteiger partial charge is 0.336 e. The molecule has 9 heteroatoms. The van der Waals surface area contributed by atoms with E-state index in [0.29, 0.717) is 53.7 Å². The van der Waals surface area contributed by atoms with Crippen molar-refractivity contribution in [3.05, 3.63) is 129 Å². The lowest BCUT2D eigenvalue weighted by atomic mass is 9.79. The van der Waals surface area contributed by atoms with Gasteiger partial charge < -0.3 is 30.6 Å². The first-order chi connectivity index (χ1) is 21.0. The molecule has 3 aromatic rings. The standard InChI is InChI=1S/C34H38ClN3O5/c1-41-21-28-32(34(40)42-2)30(25-14-9-15-26(35)20-25)31(29(38-28)22-43-19-17-36)33(39)37-18-16-27(23-10-5-3-6-11-23)24-12-7-4-8-13-24/h3-15,20,27,30,38H,16-19,21-22,36H2,1-2H3,(H,37,39). The molecule has 0 saturated heterocycles. The maximum atomic E-state index is 14.2. The number of nitrogens with two attached hydrogens (primary N) is 1. The number of carbonyl (C=O) groups is 2. The van der Waals surface area contributed by atoms with E-state index in [-0.39, 0.29) is 30.6 Å². The predicted molar refractivity (Wildman–Crippen MR) is 167 cm³/mol. The van der Waals surface area contributed by atoms with Crippen LogP contribution in [0.25, 0.3) is 0 Å². The third-order valence-electron chi connectivity index (χ3n) is 7.28. The molecule has 0 saturated carbocycles. The number of ether oxygens (including phenoxy) is 3. The summed E-state index contributed by atoms with van der Waals surface area (Å²) < 4.78 is 16.4. The van der Waals surface area contributed by atoms with E-state index in [1.807, 2.05) is 42.5 Å². The molecule has 3 aromatic carbocycles. The highest BCUT2D eigenvalue weighted by Crippen LogP contribution is 2.40. The van der Waals surface area contributed by atoms with E-state index in [4.69, 9.17) is 31.5 Å². The average molecular weight is 604 g/mol. The quantitative estimate of drug-likeness (QED) is 0.181. The Morgan fingerprint density at radius 2 is 1.56 bits per heavy atom. The number of amides is 1. The summed E-state index contributed by atoms with van der Waals surface area (Å²) in [7, 11) is 2.84. The van der Waals surface area contributed by atoms with Crippen LogP contribution < -0.4 is 16.4 Å². The van der Waals surface area contributed by atoms with Crippen molar-refractivity contribution in [1.82, 2.24) is 10.6 Å². The second-order valence-corrected chi connectivity index (χ2v) is 10.5. The summed E-state index contributed by atoms with van der Waals surface area (Å²) in [4.78, 5) is 27.4. The highest BCUT2D eigenvalue weighted by molar-refractivity contribution is 6.30. The SMILES string of the molecule is COCC1=C(C(=O)OC)C(c2cccc(Cl)c2)C(C(=O)NCCC(c2ccccc2)c2ccccc2)=C(COCCN)N1. The summed E-state index contributed by atoms with van der Waals surface area (Å²) in [6.45, 7) is 1.17. The number of carbonyl (C=O) groups excluding carboxylic acids is 2. The largest absolute Gasteiger partial charge is 0.466 e. The Labute approximate surface area is 257 Å². The van der Waals surface area contributed by atoms with Crippen LogP contribution in [-0.4, -0.2) is 59.0 Å². The molecule has 0 aliphatic carbocycles. The Morgan fingerprint density at radius 3 is 2.14 bits per heavy atom. The maximum absolute atomic E-state index is 14.2. The molecule has 0 radical (unpaired) electrons. The number of nitrogens with one attached hydrogen (secondary N) is 2. The Hall–Kier alpha value is -3.95. The molecule has 1 heterocycles. The summed E-state index contributed by atoms with van der Waals surface area (Å²) in [5.74, 6) is -1.62. The van der Waals surface area contributed by atoms with Gasteiger partial charge in [-0.3, -0.25) is 4.79 Å². The van der Waals surface area contributed by atoms with Crippen LogP contribution in [0.5, 0.6) is 0 Å². The first-order valence-electron chi connectivity index (χ1n) is 14.2. The first kappa shape index (κ1) is 32.0. The van der Waals surface area contributed by atoms with E-state index in [2.05, 4.69) is 34.9 Å². The van der Waals surface area contributed by atoms with Crippen LogP contribution in [0, 0.1) is 0 Å². The normalized spacial score (nSPS) is 15.0. The fourth-order valence-electron chi connectivity index (χ4n) is 5.40. The van der Waals surface area contributed by atoms with Crippen molar-refractivity contribution in [3.63, 3.8) is 0 Å². The lowest BCUT2D eigenvalue weighted by Crippen LogP contribution is -2.40. The molecule has 0 bridgehead atoms. The van der Waals surface area contributed by atoms with Crippen molar-refractivity contribution in [2.75, 3.05) is 47.1 Å². The van der Waals surface area contributed by atoms with E-state index >= 15 is 0 Å². The highest BCUT2D eigenvalue weighted by atomic mass is 35.5. The number of hydrogen-bond acceptors (Lipinski definition) is 7. The lowest BCUT2D eigenvalue weighted by molar-refractivity contribution is -0.136. The molecular weight excluding hydrogens is 566 g/mol. The number of esters is 1. The Morgan fingerprint density at radius 1 is 0.907 bits per heavy atom. The van der Waals surface area contributed by atoms with Crippen molar-refractivity contribution in [3.8, 4) is 0 Å². The third-order valence-corrected chi connectivity index (χ3v) is 7.52. The van der Waals surface area contributed by atoms with Crippen LogP contribution in [0.1, 0.15) is 34.9 Å². The van der Waals surface area contributed by atoms with Gasteiger partial charge in [-0.05, 0) is 35.2 Å². The summed E-state index contributed by atoms with van der Waals surface area (Å²) in [6, 6.07) is 27.6. The predicted octanol–water partition coefficient (Wildman–Crippen LogP) is 4.67. The summed E-state index contributed by atoms with van der Waals surface area (Å²) in [6.07, 6.45) is 0.663. The topological polar surface area (TPSA) is 112 Å². The highest BCUT2D eigenvalue weighted by Gasteiger charge is 2.39. The van der Waals surface area contributed by atoms with Crippen LogP contribution in [-0.2, 0) is 23.8 Å². The molecule has 1 unspecified atom stereocenters. The Bertz CT molecular complexity index is 1400. The van der Waals surface area contributed by atoms with Crippen LogP contribution in [0.4, 0.5) is 0 Å². The molecule has 0 spiro atoms. The molecule has 1 aliphatic heterocycles. The molecule has 226 valence electrons.